The lowest BCUT2D eigenvalue weighted by Gasteiger charge is -2.37. The summed E-state index contributed by atoms with van der Waals surface area (Å²) >= 11 is 0. The van der Waals surface area contributed by atoms with Crippen molar-refractivity contribution in [3.8, 4) is 0 Å². The summed E-state index contributed by atoms with van der Waals surface area (Å²) < 4.78 is 6.22. The van der Waals surface area contributed by atoms with Crippen LogP contribution in [0.25, 0.3) is 0 Å². The fraction of sp³-hybridized carbons (Fsp3) is 1.00. The molecule has 0 radical (unpaired) electrons. The van der Waals surface area contributed by atoms with Crippen LogP contribution in [0, 0.1) is 0 Å². The molecule has 0 aromatic rings. The van der Waals surface area contributed by atoms with Crippen LogP contribution in [0.15, 0.2) is 0 Å². The van der Waals surface area contributed by atoms with Crippen LogP contribution in [0.3, 0.4) is 0 Å². The third-order valence-corrected chi connectivity index (χ3v) is 7.55. The molecule has 5 nitrogen and oxygen atoms in total. The second-order valence-electron chi connectivity index (χ2n) is 5.14. The van der Waals surface area contributed by atoms with E-state index >= 15 is 0 Å². The summed E-state index contributed by atoms with van der Waals surface area (Å²) in [6.45, 7) is 8.66. The summed E-state index contributed by atoms with van der Waals surface area (Å²) in [4.78, 5) is 0. The van der Waals surface area contributed by atoms with Crippen molar-refractivity contribution in [2.45, 2.75) is 26.2 Å². The predicted octanol–water partition coefficient (Wildman–Crippen LogP) is 0.539. The Balaban J connectivity index is 4.29. The van der Waals surface area contributed by atoms with E-state index < -0.39 is 17.0 Å². The largest absolute Gasteiger partial charge is 0.431 e. The molecule has 0 saturated heterocycles. The summed E-state index contributed by atoms with van der Waals surface area (Å²) in [5, 5.41) is 10.7. The Morgan fingerprint density at radius 1 is 0.733 bits per heavy atom. The number of nitrogens with one attached hydrogen (secondary N) is 2. The molecule has 0 rings (SSSR count). The summed E-state index contributed by atoms with van der Waals surface area (Å²) in [5.41, 5.74) is 0. The van der Waals surface area contributed by atoms with Crippen LogP contribution < -0.4 is 10.2 Å². The minimum Gasteiger partial charge on any atom is -0.431 e. The molecule has 0 atom stereocenters. The Labute approximate surface area is 96.1 Å². The lowest BCUT2D eigenvalue weighted by Crippen LogP contribution is -2.64. The third kappa shape index (κ3) is 8.08. The summed E-state index contributed by atoms with van der Waals surface area (Å²) in [5.74, 6) is 0. The van der Waals surface area contributed by atoms with Crippen molar-refractivity contribution in [2.75, 3.05) is 28.2 Å². The fourth-order valence-electron chi connectivity index (χ4n) is 1.76. The van der Waals surface area contributed by atoms with Crippen molar-refractivity contribution in [2.24, 2.45) is 0 Å². The van der Waals surface area contributed by atoms with Gasteiger partial charge in [-0.05, 0) is 26.2 Å². The molecule has 0 aliphatic rings. The van der Waals surface area contributed by atoms with Crippen LogP contribution >= 0.6 is 0 Å². The SMILES string of the molecule is CN(C)N[Si](C)(C)O[Si](C)(C)NN(C)C. The summed E-state index contributed by atoms with van der Waals surface area (Å²) in [7, 11) is 4.33. The van der Waals surface area contributed by atoms with Gasteiger partial charge < -0.3 is 4.12 Å². The average Bonchev–Trinajstić information content (AvgIpc) is 1.73. The lowest BCUT2D eigenvalue weighted by molar-refractivity contribution is 0.303. The van der Waals surface area contributed by atoms with Crippen LogP contribution in [-0.4, -0.2) is 55.2 Å². The second kappa shape index (κ2) is 5.53. The molecule has 92 valence electrons. The topological polar surface area (TPSA) is 39.8 Å². The molecule has 0 aromatic carbocycles. The monoisotopic (exact) mass is 250 g/mol. The van der Waals surface area contributed by atoms with E-state index in [1.165, 1.54) is 0 Å². The van der Waals surface area contributed by atoms with Gasteiger partial charge in [0.1, 0.15) is 0 Å². The number of hydrogen-bond donors (Lipinski definition) is 2. The normalized spacial score (nSPS) is 14.0. The maximum Gasteiger partial charge on any atom is 0.266 e. The molecule has 0 heterocycles. The zero-order valence-electron chi connectivity index (χ0n) is 11.3. The minimum atomic E-state index is -1.82. The van der Waals surface area contributed by atoms with Crippen LogP contribution in [0.1, 0.15) is 0 Å². The van der Waals surface area contributed by atoms with E-state index in [1.807, 2.05) is 38.2 Å². The number of hydrogen-bond acceptors (Lipinski definition) is 5. The molecule has 15 heavy (non-hydrogen) atoms. The molecular formula is C8H26N4OSi2. The first-order chi connectivity index (χ1) is 6.54. The molecule has 0 aromatic heterocycles. The zero-order valence-corrected chi connectivity index (χ0v) is 13.3. The van der Waals surface area contributed by atoms with Crippen molar-refractivity contribution in [1.29, 1.82) is 0 Å². The quantitative estimate of drug-likeness (QED) is 0.532. The number of hydrazine groups is 2. The summed E-state index contributed by atoms with van der Waals surface area (Å²) in [6.07, 6.45) is 0. The van der Waals surface area contributed by atoms with Gasteiger partial charge in [0.15, 0.2) is 0 Å². The van der Waals surface area contributed by atoms with Crippen molar-refractivity contribution in [3.05, 3.63) is 0 Å². The van der Waals surface area contributed by atoms with Crippen LogP contribution in [0.5, 0.6) is 0 Å². The van der Waals surface area contributed by atoms with E-state index in [4.69, 9.17) is 4.12 Å². The molecule has 2 N–H and O–H groups in total. The lowest BCUT2D eigenvalue weighted by atomic mass is 11.2. The van der Waals surface area contributed by atoms with Crippen LogP contribution in [0.2, 0.25) is 26.2 Å². The molecule has 0 bridgehead atoms. The molecule has 0 spiro atoms. The van der Waals surface area contributed by atoms with Gasteiger partial charge in [-0.25, -0.2) is 0 Å². The van der Waals surface area contributed by atoms with E-state index in [0.29, 0.717) is 0 Å². The highest BCUT2D eigenvalue weighted by molar-refractivity contribution is 6.82. The maximum atomic E-state index is 6.22. The smallest absolute Gasteiger partial charge is 0.266 e. The highest BCUT2D eigenvalue weighted by Crippen LogP contribution is 2.09. The van der Waals surface area contributed by atoms with E-state index in [9.17, 15) is 0 Å². The van der Waals surface area contributed by atoms with E-state index in [2.05, 4.69) is 36.4 Å². The van der Waals surface area contributed by atoms with E-state index in [0.717, 1.165) is 0 Å². The Morgan fingerprint density at radius 3 is 1.20 bits per heavy atom. The Hall–Kier alpha value is 0.234. The average molecular weight is 250 g/mol. The molecular weight excluding hydrogens is 224 g/mol. The Bertz CT molecular complexity index is 177. The van der Waals surface area contributed by atoms with Gasteiger partial charge in [-0.15, -0.1) is 0 Å². The summed E-state index contributed by atoms with van der Waals surface area (Å²) in [6, 6.07) is 0. The van der Waals surface area contributed by atoms with Gasteiger partial charge in [-0.2, -0.15) is 0 Å². The predicted molar refractivity (Wildman–Crippen MR) is 69.7 cm³/mol. The van der Waals surface area contributed by atoms with Gasteiger partial charge in [0, 0.05) is 28.2 Å². The van der Waals surface area contributed by atoms with Crippen molar-refractivity contribution in [1.82, 2.24) is 20.2 Å². The highest BCUT2D eigenvalue weighted by Gasteiger charge is 2.34. The Morgan fingerprint density at radius 2 is 1.00 bits per heavy atom. The first-order valence-corrected chi connectivity index (χ1v) is 11.0. The van der Waals surface area contributed by atoms with Crippen molar-refractivity contribution < 1.29 is 4.12 Å². The molecule has 0 saturated carbocycles. The van der Waals surface area contributed by atoms with Crippen LogP contribution in [-0.2, 0) is 4.12 Å². The fourth-order valence-corrected chi connectivity index (χ4v) is 9.38. The van der Waals surface area contributed by atoms with E-state index in [-0.39, 0.29) is 0 Å². The van der Waals surface area contributed by atoms with Gasteiger partial charge in [0.05, 0.1) is 0 Å². The van der Waals surface area contributed by atoms with Crippen LogP contribution in [0.4, 0.5) is 0 Å². The van der Waals surface area contributed by atoms with Gasteiger partial charge in [0.25, 0.3) is 17.0 Å². The second-order valence-corrected chi connectivity index (χ2v) is 12.4. The number of rotatable bonds is 6. The van der Waals surface area contributed by atoms with E-state index in [1.54, 1.807) is 0 Å². The molecule has 0 unspecified atom stereocenters. The molecule has 0 fully saturated rings. The highest BCUT2D eigenvalue weighted by atomic mass is 28.4. The Kier molecular flexibility index (Phi) is 5.61. The number of nitrogens with zero attached hydrogens (tertiary/aromatic N) is 2. The first kappa shape index (κ1) is 15.2. The molecule has 0 amide bonds. The van der Waals surface area contributed by atoms with Crippen molar-refractivity contribution in [3.63, 3.8) is 0 Å². The minimum absolute atomic E-state index is 1.82. The maximum absolute atomic E-state index is 6.22. The standard InChI is InChI=1S/C8H26N4OSi2/c1-11(2)9-14(5,6)13-15(7,8)10-12(3)4/h9-10H,1-8H3. The molecule has 0 aliphatic carbocycles. The molecule has 0 aliphatic heterocycles. The van der Waals surface area contributed by atoms with Gasteiger partial charge in [-0.1, -0.05) is 0 Å². The molecule has 7 heteroatoms. The van der Waals surface area contributed by atoms with Gasteiger partial charge in [-0.3, -0.25) is 20.2 Å². The third-order valence-electron chi connectivity index (χ3n) is 1.50. The van der Waals surface area contributed by atoms with Gasteiger partial charge in [0.2, 0.25) is 0 Å². The zero-order chi connectivity index (χ0) is 12.3. The van der Waals surface area contributed by atoms with Gasteiger partial charge >= 0.3 is 0 Å². The first-order valence-electron chi connectivity index (χ1n) is 5.14. The van der Waals surface area contributed by atoms with Crippen molar-refractivity contribution >= 4 is 17.0 Å².